The van der Waals surface area contributed by atoms with Crippen molar-refractivity contribution in [2.24, 2.45) is 0 Å². The standard InChI is InChI=1S/C12H13Cl2N3/c1-2-12(6-3-7-12)9-5-4-8-10(13)15-11(14)16-17(8)9/h4-5H,2-3,6-7H2,1H3. The summed E-state index contributed by atoms with van der Waals surface area (Å²) in [6.07, 6.45) is 4.84. The third kappa shape index (κ3) is 1.56. The van der Waals surface area contributed by atoms with Crippen LogP contribution in [0.1, 0.15) is 38.3 Å². The first-order chi connectivity index (χ1) is 8.16. The maximum absolute atomic E-state index is 6.07. The number of hydrogen-bond acceptors (Lipinski definition) is 2. The zero-order valence-electron chi connectivity index (χ0n) is 9.58. The lowest BCUT2D eigenvalue weighted by Crippen LogP contribution is -2.35. The van der Waals surface area contributed by atoms with Gasteiger partial charge in [0.05, 0.1) is 0 Å². The average Bonchev–Trinajstić information content (AvgIpc) is 2.62. The second-order valence-electron chi connectivity index (χ2n) is 4.67. The minimum Gasteiger partial charge on any atom is -0.231 e. The smallest absolute Gasteiger partial charge is 0.231 e. The molecule has 0 aliphatic heterocycles. The van der Waals surface area contributed by atoms with Gasteiger partial charge in [0.25, 0.3) is 0 Å². The fraction of sp³-hybridized carbons (Fsp3) is 0.500. The summed E-state index contributed by atoms with van der Waals surface area (Å²) in [6, 6.07) is 4.08. The molecule has 0 spiro atoms. The third-order valence-corrected chi connectivity index (χ3v) is 4.41. The Kier molecular flexibility index (Phi) is 2.56. The van der Waals surface area contributed by atoms with E-state index in [-0.39, 0.29) is 10.7 Å². The molecule has 0 bridgehead atoms. The topological polar surface area (TPSA) is 30.2 Å². The van der Waals surface area contributed by atoms with E-state index < -0.39 is 0 Å². The van der Waals surface area contributed by atoms with Gasteiger partial charge in [-0.25, -0.2) is 9.50 Å². The van der Waals surface area contributed by atoms with E-state index in [4.69, 9.17) is 23.2 Å². The van der Waals surface area contributed by atoms with Crippen LogP contribution in [0.4, 0.5) is 0 Å². The maximum Gasteiger partial charge on any atom is 0.242 e. The van der Waals surface area contributed by atoms with Gasteiger partial charge in [0.2, 0.25) is 5.28 Å². The summed E-state index contributed by atoms with van der Waals surface area (Å²) in [5, 5.41) is 4.90. The van der Waals surface area contributed by atoms with Gasteiger partial charge in [-0.1, -0.05) is 24.9 Å². The molecule has 0 atom stereocenters. The number of fused-ring (bicyclic) bond motifs is 1. The number of nitrogens with zero attached hydrogens (tertiary/aromatic N) is 3. The molecule has 1 saturated carbocycles. The zero-order chi connectivity index (χ0) is 12.0. The molecule has 5 heteroatoms. The van der Waals surface area contributed by atoms with Crippen LogP contribution in [-0.2, 0) is 5.41 Å². The van der Waals surface area contributed by atoms with Crippen LogP contribution in [0.3, 0.4) is 0 Å². The molecular weight excluding hydrogens is 257 g/mol. The maximum atomic E-state index is 6.07. The lowest BCUT2D eigenvalue weighted by Gasteiger charge is -2.40. The zero-order valence-corrected chi connectivity index (χ0v) is 11.1. The van der Waals surface area contributed by atoms with Crippen molar-refractivity contribution >= 4 is 28.7 Å². The Labute approximate surface area is 110 Å². The molecule has 0 radical (unpaired) electrons. The molecule has 2 aromatic rings. The van der Waals surface area contributed by atoms with Crippen LogP contribution in [0.25, 0.3) is 5.52 Å². The molecule has 3 nitrogen and oxygen atoms in total. The van der Waals surface area contributed by atoms with E-state index in [1.54, 1.807) is 0 Å². The van der Waals surface area contributed by atoms with Crippen molar-refractivity contribution in [1.29, 1.82) is 0 Å². The number of halogens is 2. The summed E-state index contributed by atoms with van der Waals surface area (Å²) in [5.74, 6) is 0. The highest BCUT2D eigenvalue weighted by Crippen LogP contribution is 2.46. The van der Waals surface area contributed by atoms with Crippen molar-refractivity contribution in [3.63, 3.8) is 0 Å². The minimum atomic E-state index is 0.200. The van der Waals surface area contributed by atoms with Gasteiger partial charge in [-0.3, -0.25) is 0 Å². The van der Waals surface area contributed by atoms with E-state index in [9.17, 15) is 0 Å². The fourth-order valence-corrected chi connectivity index (χ4v) is 3.16. The minimum absolute atomic E-state index is 0.200. The van der Waals surface area contributed by atoms with Gasteiger partial charge >= 0.3 is 0 Å². The van der Waals surface area contributed by atoms with Crippen molar-refractivity contribution in [2.75, 3.05) is 0 Å². The molecule has 0 N–H and O–H groups in total. The number of hydrogen-bond donors (Lipinski definition) is 0. The van der Waals surface area contributed by atoms with Crippen LogP contribution in [0.15, 0.2) is 12.1 Å². The van der Waals surface area contributed by atoms with Gasteiger partial charge in [0, 0.05) is 11.1 Å². The summed E-state index contributed by atoms with van der Waals surface area (Å²) in [6.45, 7) is 2.23. The average molecular weight is 270 g/mol. The highest BCUT2D eigenvalue weighted by Gasteiger charge is 2.39. The van der Waals surface area contributed by atoms with Crippen molar-refractivity contribution in [3.8, 4) is 0 Å². The van der Waals surface area contributed by atoms with Gasteiger partial charge in [0.1, 0.15) is 5.52 Å². The van der Waals surface area contributed by atoms with E-state index >= 15 is 0 Å². The van der Waals surface area contributed by atoms with Crippen LogP contribution in [0, 0.1) is 0 Å². The monoisotopic (exact) mass is 269 g/mol. The van der Waals surface area contributed by atoms with Gasteiger partial charge in [-0.15, -0.1) is 5.10 Å². The number of rotatable bonds is 2. The summed E-state index contributed by atoms with van der Waals surface area (Å²) in [4.78, 5) is 3.97. The van der Waals surface area contributed by atoms with Crippen LogP contribution in [-0.4, -0.2) is 14.6 Å². The molecule has 2 heterocycles. The van der Waals surface area contributed by atoms with E-state index in [0.717, 1.165) is 11.9 Å². The molecule has 17 heavy (non-hydrogen) atoms. The molecule has 2 aromatic heterocycles. The lowest BCUT2D eigenvalue weighted by atomic mass is 9.65. The fourth-order valence-electron chi connectivity index (χ4n) is 2.73. The first-order valence-electron chi connectivity index (χ1n) is 5.87. The van der Waals surface area contributed by atoms with Crippen LogP contribution in [0.5, 0.6) is 0 Å². The van der Waals surface area contributed by atoms with Gasteiger partial charge < -0.3 is 0 Å². The van der Waals surface area contributed by atoms with Crippen LogP contribution in [0.2, 0.25) is 10.4 Å². The molecular formula is C12H13Cl2N3. The highest BCUT2D eigenvalue weighted by atomic mass is 35.5. The van der Waals surface area contributed by atoms with Crippen molar-refractivity contribution in [2.45, 2.75) is 38.0 Å². The van der Waals surface area contributed by atoms with Gasteiger partial charge in [-0.05, 0) is 43.0 Å². The van der Waals surface area contributed by atoms with Crippen molar-refractivity contribution in [1.82, 2.24) is 14.6 Å². The quantitative estimate of drug-likeness (QED) is 0.829. The van der Waals surface area contributed by atoms with Gasteiger partial charge in [0.15, 0.2) is 5.15 Å². The first kappa shape index (κ1) is 11.3. The molecule has 90 valence electrons. The number of aromatic nitrogens is 3. The first-order valence-corrected chi connectivity index (χ1v) is 6.63. The second-order valence-corrected chi connectivity index (χ2v) is 5.37. The molecule has 1 fully saturated rings. The second kappa shape index (κ2) is 3.85. The summed E-state index contributed by atoms with van der Waals surface area (Å²) >= 11 is 12.0. The highest BCUT2D eigenvalue weighted by molar-refractivity contribution is 6.34. The van der Waals surface area contributed by atoms with Crippen molar-refractivity contribution < 1.29 is 0 Å². The molecule has 0 amide bonds. The normalized spacial score (nSPS) is 18.3. The molecule has 3 rings (SSSR count). The van der Waals surface area contributed by atoms with Crippen molar-refractivity contribution in [3.05, 3.63) is 28.3 Å². The Morgan fingerprint density at radius 1 is 1.35 bits per heavy atom. The SMILES string of the molecule is CCC1(c2ccc3c(Cl)nc(Cl)nn23)CCC1. The predicted octanol–water partition coefficient (Wildman–Crippen LogP) is 3.87. The Morgan fingerprint density at radius 2 is 2.12 bits per heavy atom. The van der Waals surface area contributed by atoms with E-state index in [1.807, 2.05) is 10.6 Å². The van der Waals surface area contributed by atoms with Crippen LogP contribution >= 0.6 is 23.2 Å². The molecule has 1 aliphatic rings. The molecule has 0 aromatic carbocycles. The molecule has 0 saturated heterocycles. The Balaban J connectivity index is 2.24. The lowest BCUT2D eigenvalue weighted by molar-refractivity contribution is 0.224. The largest absolute Gasteiger partial charge is 0.242 e. The van der Waals surface area contributed by atoms with E-state index in [1.165, 1.54) is 25.0 Å². The third-order valence-electron chi connectivity index (χ3n) is 3.97. The summed E-state index contributed by atoms with van der Waals surface area (Å²) in [7, 11) is 0. The molecule has 0 unspecified atom stereocenters. The van der Waals surface area contributed by atoms with Gasteiger partial charge in [-0.2, -0.15) is 0 Å². The predicted molar refractivity (Wildman–Crippen MR) is 68.8 cm³/mol. The Hall–Kier alpha value is -0.800. The summed E-state index contributed by atoms with van der Waals surface area (Å²) < 4.78 is 1.86. The van der Waals surface area contributed by atoms with E-state index in [0.29, 0.717) is 5.15 Å². The summed E-state index contributed by atoms with van der Waals surface area (Å²) in [5.41, 5.74) is 2.31. The van der Waals surface area contributed by atoms with Crippen LogP contribution < -0.4 is 0 Å². The molecule has 1 aliphatic carbocycles. The Bertz CT molecular complexity index is 567. The van der Waals surface area contributed by atoms with E-state index in [2.05, 4.69) is 23.1 Å². The Morgan fingerprint density at radius 3 is 2.71 bits per heavy atom.